The van der Waals surface area contributed by atoms with Crippen molar-refractivity contribution in [1.29, 1.82) is 0 Å². The maximum atomic E-state index is 11.9. The molecule has 0 N–H and O–H groups in total. The van der Waals surface area contributed by atoms with Crippen molar-refractivity contribution in [2.45, 2.75) is 19.8 Å². The van der Waals surface area contributed by atoms with Crippen LogP contribution in [0.25, 0.3) is 0 Å². The summed E-state index contributed by atoms with van der Waals surface area (Å²) in [5, 5.41) is 2.97. The van der Waals surface area contributed by atoms with Gasteiger partial charge in [-0.3, -0.25) is 4.79 Å². The molecule has 0 bridgehead atoms. The Labute approximate surface area is 103 Å². The van der Waals surface area contributed by atoms with E-state index in [0.717, 1.165) is 29.7 Å². The first-order chi connectivity index (χ1) is 7.27. The summed E-state index contributed by atoms with van der Waals surface area (Å²) in [7, 11) is 0. The van der Waals surface area contributed by atoms with Gasteiger partial charge in [-0.15, -0.1) is 11.3 Å². The first-order valence-electron chi connectivity index (χ1n) is 5.14. The molecule has 0 atom stereocenters. The highest BCUT2D eigenvalue weighted by Gasteiger charge is 2.11. The van der Waals surface area contributed by atoms with Crippen LogP contribution in [0.15, 0.2) is 17.5 Å². The molecule has 1 heterocycles. The van der Waals surface area contributed by atoms with Crippen molar-refractivity contribution in [2.24, 2.45) is 0 Å². The van der Waals surface area contributed by atoms with Crippen LogP contribution >= 0.6 is 27.3 Å². The van der Waals surface area contributed by atoms with Gasteiger partial charge in [0.2, 0.25) is 5.91 Å². The largest absolute Gasteiger partial charge is 0.343 e. The summed E-state index contributed by atoms with van der Waals surface area (Å²) in [6.07, 6.45) is 1.57. The number of nitrogens with zero attached hydrogens (tertiary/aromatic N) is 1. The molecule has 0 fully saturated rings. The zero-order chi connectivity index (χ0) is 11.1. The van der Waals surface area contributed by atoms with Gasteiger partial charge in [-0.2, -0.15) is 0 Å². The third-order valence-corrected chi connectivity index (χ3v) is 3.64. The number of alkyl halides is 1. The Hall–Kier alpha value is -0.350. The van der Waals surface area contributed by atoms with Crippen molar-refractivity contribution in [3.8, 4) is 0 Å². The Kier molecular flexibility index (Phi) is 5.95. The number of carbonyl (C=O) groups excluding carboxylic acids is 1. The van der Waals surface area contributed by atoms with E-state index in [9.17, 15) is 4.79 Å². The molecular weight excluding hydrogens is 274 g/mol. The number of halogens is 1. The van der Waals surface area contributed by atoms with E-state index in [2.05, 4.69) is 15.9 Å². The van der Waals surface area contributed by atoms with Gasteiger partial charge in [0.05, 0.1) is 6.42 Å². The molecule has 1 rings (SSSR count). The van der Waals surface area contributed by atoms with Crippen LogP contribution < -0.4 is 0 Å². The van der Waals surface area contributed by atoms with E-state index in [1.165, 1.54) is 0 Å². The third-order valence-electron chi connectivity index (χ3n) is 2.20. The van der Waals surface area contributed by atoms with Crippen LogP contribution in [0.1, 0.15) is 18.2 Å². The summed E-state index contributed by atoms with van der Waals surface area (Å²) in [4.78, 5) is 14.9. The molecule has 0 unspecified atom stereocenters. The number of thiophene rings is 1. The summed E-state index contributed by atoms with van der Waals surface area (Å²) in [6, 6.07) is 4.00. The van der Waals surface area contributed by atoms with Crippen LogP contribution in [0.5, 0.6) is 0 Å². The fourth-order valence-electron chi connectivity index (χ4n) is 1.38. The highest BCUT2D eigenvalue weighted by atomic mass is 79.9. The van der Waals surface area contributed by atoms with Gasteiger partial charge in [0, 0.05) is 23.3 Å². The van der Waals surface area contributed by atoms with Crippen LogP contribution in [0.2, 0.25) is 0 Å². The van der Waals surface area contributed by atoms with Crippen LogP contribution in [-0.2, 0) is 11.2 Å². The van der Waals surface area contributed by atoms with Crippen LogP contribution in [0.3, 0.4) is 0 Å². The lowest BCUT2D eigenvalue weighted by Gasteiger charge is -2.19. The summed E-state index contributed by atoms with van der Waals surface area (Å²) in [6.45, 7) is 3.68. The van der Waals surface area contributed by atoms with Crippen molar-refractivity contribution >= 4 is 33.2 Å². The molecule has 0 radical (unpaired) electrons. The van der Waals surface area contributed by atoms with E-state index >= 15 is 0 Å². The van der Waals surface area contributed by atoms with Crippen LogP contribution in [-0.4, -0.2) is 29.2 Å². The molecule has 1 aromatic heterocycles. The lowest BCUT2D eigenvalue weighted by molar-refractivity contribution is -0.130. The molecular formula is C11H16BrNOS. The molecule has 0 saturated carbocycles. The van der Waals surface area contributed by atoms with E-state index in [-0.39, 0.29) is 5.91 Å². The monoisotopic (exact) mass is 289 g/mol. The fraction of sp³-hybridized carbons (Fsp3) is 0.545. The van der Waals surface area contributed by atoms with E-state index in [4.69, 9.17) is 0 Å². The van der Waals surface area contributed by atoms with E-state index in [0.29, 0.717) is 6.42 Å². The number of amides is 1. The smallest absolute Gasteiger partial charge is 0.227 e. The molecule has 0 saturated heterocycles. The maximum Gasteiger partial charge on any atom is 0.227 e. The zero-order valence-corrected chi connectivity index (χ0v) is 11.3. The highest BCUT2D eigenvalue weighted by molar-refractivity contribution is 9.09. The quantitative estimate of drug-likeness (QED) is 0.738. The van der Waals surface area contributed by atoms with Gasteiger partial charge >= 0.3 is 0 Å². The van der Waals surface area contributed by atoms with Gasteiger partial charge < -0.3 is 4.90 Å². The molecule has 4 heteroatoms. The number of carbonyl (C=O) groups is 1. The SMILES string of the molecule is CCN(CCCBr)C(=O)Cc1cccs1. The Balaban J connectivity index is 2.43. The average Bonchev–Trinajstić information content (AvgIpc) is 2.71. The number of likely N-dealkylation sites (N-methyl/N-ethyl adjacent to an activating group) is 1. The molecule has 0 aromatic carbocycles. The first kappa shape index (κ1) is 12.7. The van der Waals surface area contributed by atoms with Crippen molar-refractivity contribution in [3.05, 3.63) is 22.4 Å². The molecule has 0 aliphatic carbocycles. The van der Waals surface area contributed by atoms with Crippen molar-refractivity contribution in [1.82, 2.24) is 4.90 Å². The van der Waals surface area contributed by atoms with Crippen molar-refractivity contribution < 1.29 is 4.79 Å². The second-order valence-corrected chi connectivity index (χ2v) is 5.10. The van der Waals surface area contributed by atoms with Gasteiger partial charge in [-0.25, -0.2) is 0 Å². The summed E-state index contributed by atoms with van der Waals surface area (Å²) in [5.41, 5.74) is 0. The second-order valence-electron chi connectivity index (χ2n) is 3.27. The maximum absolute atomic E-state index is 11.9. The summed E-state index contributed by atoms with van der Waals surface area (Å²) >= 11 is 5.03. The molecule has 84 valence electrons. The molecule has 0 spiro atoms. The lowest BCUT2D eigenvalue weighted by atomic mass is 10.3. The minimum atomic E-state index is 0.237. The number of rotatable bonds is 6. The summed E-state index contributed by atoms with van der Waals surface area (Å²) in [5.74, 6) is 0.237. The van der Waals surface area contributed by atoms with Gasteiger partial charge in [-0.1, -0.05) is 22.0 Å². The van der Waals surface area contributed by atoms with E-state index < -0.39 is 0 Å². The van der Waals surface area contributed by atoms with Crippen molar-refractivity contribution in [2.75, 3.05) is 18.4 Å². The van der Waals surface area contributed by atoms with Gasteiger partial charge in [0.15, 0.2) is 0 Å². The van der Waals surface area contributed by atoms with Crippen LogP contribution in [0.4, 0.5) is 0 Å². The molecule has 1 aromatic rings. The first-order valence-corrected chi connectivity index (χ1v) is 7.14. The number of hydrogen-bond donors (Lipinski definition) is 0. The predicted octanol–water partition coefficient (Wildman–Crippen LogP) is 2.92. The van der Waals surface area contributed by atoms with Gasteiger partial charge in [0.25, 0.3) is 0 Å². The standard InChI is InChI=1S/C11H16BrNOS/c1-2-13(7-4-6-12)11(14)9-10-5-3-8-15-10/h3,5,8H,2,4,6-7,9H2,1H3. The van der Waals surface area contributed by atoms with E-state index in [1.54, 1.807) is 11.3 Å². The topological polar surface area (TPSA) is 20.3 Å². The molecule has 1 amide bonds. The normalized spacial score (nSPS) is 10.3. The van der Waals surface area contributed by atoms with Crippen molar-refractivity contribution in [3.63, 3.8) is 0 Å². The third kappa shape index (κ3) is 4.34. The minimum Gasteiger partial charge on any atom is -0.343 e. The Morgan fingerprint density at radius 1 is 1.60 bits per heavy atom. The zero-order valence-electron chi connectivity index (χ0n) is 8.91. The second kappa shape index (κ2) is 7.01. The van der Waals surface area contributed by atoms with E-state index in [1.807, 2.05) is 29.3 Å². The minimum absolute atomic E-state index is 0.237. The predicted molar refractivity (Wildman–Crippen MR) is 68.7 cm³/mol. The Morgan fingerprint density at radius 2 is 2.40 bits per heavy atom. The highest BCUT2D eigenvalue weighted by Crippen LogP contribution is 2.10. The molecule has 0 aliphatic rings. The summed E-state index contributed by atoms with van der Waals surface area (Å²) < 4.78 is 0. The van der Waals surface area contributed by atoms with Crippen LogP contribution in [0, 0.1) is 0 Å². The van der Waals surface area contributed by atoms with Gasteiger partial charge in [-0.05, 0) is 24.8 Å². The fourth-order valence-corrected chi connectivity index (χ4v) is 2.33. The Bertz CT molecular complexity index is 287. The lowest BCUT2D eigenvalue weighted by Crippen LogP contribution is -2.33. The molecule has 2 nitrogen and oxygen atoms in total. The molecule has 0 aliphatic heterocycles. The number of hydrogen-bond acceptors (Lipinski definition) is 2. The molecule has 15 heavy (non-hydrogen) atoms. The average molecular weight is 290 g/mol. The van der Waals surface area contributed by atoms with Gasteiger partial charge in [0.1, 0.15) is 0 Å². The Morgan fingerprint density at radius 3 is 2.93 bits per heavy atom.